The average molecular weight is 256 g/mol. The first-order valence-corrected chi connectivity index (χ1v) is 6.91. The molecular weight excluding hydrogens is 232 g/mol. The minimum atomic E-state index is -0.399. The molecule has 2 saturated heterocycles. The van der Waals surface area contributed by atoms with Crippen molar-refractivity contribution in [1.29, 1.82) is 0 Å². The molecule has 2 rings (SSSR count). The Hall–Kier alpha value is -0.650. The van der Waals surface area contributed by atoms with Crippen LogP contribution in [0.25, 0.3) is 0 Å². The molecule has 1 amide bonds. The molecule has 0 bridgehead atoms. The summed E-state index contributed by atoms with van der Waals surface area (Å²) < 4.78 is 10.6. The number of ether oxygens (including phenoxy) is 2. The van der Waals surface area contributed by atoms with E-state index in [2.05, 4.69) is 5.32 Å². The van der Waals surface area contributed by atoms with Crippen LogP contribution in [0.5, 0.6) is 0 Å². The third-order valence-electron chi connectivity index (χ3n) is 4.21. The summed E-state index contributed by atoms with van der Waals surface area (Å²) in [4.78, 5) is 12.3. The molecule has 0 aliphatic carbocycles. The van der Waals surface area contributed by atoms with Crippen molar-refractivity contribution in [3.63, 3.8) is 0 Å². The molecule has 2 fully saturated rings. The molecule has 0 aromatic carbocycles. The van der Waals surface area contributed by atoms with Crippen LogP contribution >= 0.6 is 0 Å². The summed E-state index contributed by atoms with van der Waals surface area (Å²) in [7, 11) is 0. The second kappa shape index (κ2) is 6.50. The Bertz CT molecular complexity index is 271. The summed E-state index contributed by atoms with van der Waals surface area (Å²) in [6.45, 7) is 4.08. The fourth-order valence-corrected chi connectivity index (χ4v) is 2.66. The molecule has 0 aromatic heterocycles. The van der Waals surface area contributed by atoms with Gasteiger partial charge in [0, 0.05) is 39.5 Å². The van der Waals surface area contributed by atoms with Crippen LogP contribution < -0.4 is 11.1 Å². The van der Waals surface area contributed by atoms with Crippen LogP contribution in [0.4, 0.5) is 0 Å². The number of carbonyl (C=O) groups excluding carboxylic acids is 1. The Kier molecular flexibility index (Phi) is 4.97. The quantitative estimate of drug-likeness (QED) is 0.758. The second-order valence-electron chi connectivity index (χ2n) is 5.36. The highest BCUT2D eigenvalue weighted by Gasteiger charge is 2.38. The topological polar surface area (TPSA) is 73.6 Å². The minimum Gasteiger partial charge on any atom is -0.381 e. The average Bonchev–Trinajstić information content (AvgIpc) is 2.46. The van der Waals surface area contributed by atoms with E-state index in [0.29, 0.717) is 25.7 Å². The Morgan fingerprint density at radius 1 is 1.17 bits per heavy atom. The summed E-state index contributed by atoms with van der Waals surface area (Å²) in [5.41, 5.74) is 5.41. The van der Waals surface area contributed by atoms with Crippen LogP contribution in [-0.4, -0.2) is 45.4 Å². The van der Waals surface area contributed by atoms with Crippen LogP contribution in [0.1, 0.15) is 25.7 Å². The van der Waals surface area contributed by atoms with E-state index in [4.69, 9.17) is 15.2 Å². The van der Waals surface area contributed by atoms with Crippen molar-refractivity contribution >= 4 is 5.91 Å². The minimum absolute atomic E-state index is 0.111. The van der Waals surface area contributed by atoms with Crippen LogP contribution in [0, 0.1) is 11.3 Å². The molecule has 0 saturated carbocycles. The first-order chi connectivity index (χ1) is 8.77. The normalized spacial score (nSPS) is 24.7. The van der Waals surface area contributed by atoms with Crippen molar-refractivity contribution in [3.8, 4) is 0 Å². The maximum Gasteiger partial charge on any atom is 0.227 e. The molecule has 5 nitrogen and oxygen atoms in total. The van der Waals surface area contributed by atoms with Crippen LogP contribution in [0.15, 0.2) is 0 Å². The zero-order valence-electron chi connectivity index (χ0n) is 11.0. The zero-order valence-corrected chi connectivity index (χ0v) is 11.0. The molecule has 2 aliphatic rings. The van der Waals surface area contributed by atoms with Gasteiger partial charge in [0.25, 0.3) is 0 Å². The number of rotatable bonds is 4. The zero-order chi connectivity index (χ0) is 12.8. The maximum absolute atomic E-state index is 12.3. The van der Waals surface area contributed by atoms with Gasteiger partial charge in [-0.1, -0.05) is 0 Å². The van der Waals surface area contributed by atoms with E-state index in [1.54, 1.807) is 0 Å². The van der Waals surface area contributed by atoms with E-state index in [1.165, 1.54) is 0 Å². The van der Waals surface area contributed by atoms with Gasteiger partial charge in [-0.05, 0) is 31.6 Å². The van der Waals surface area contributed by atoms with Crippen molar-refractivity contribution in [3.05, 3.63) is 0 Å². The number of nitrogens with two attached hydrogens (primary N) is 1. The highest BCUT2D eigenvalue weighted by atomic mass is 16.5. The lowest BCUT2D eigenvalue weighted by Crippen LogP contribution is -2.50. The highest BCUT2D eigenvalue weighted by Crippen LogP contribution is 2.29. The van der Waals surface area contributed by atoms with Crippen molar-refractivity contribution in [2.75, 3.05) is 39.5 Å². The van der Waals surface area contributed by atoms with E-state index in [0.717, 1.165) is 45.4 Å². The molecule has 2 heterocycles. The number of amides is 1. The monoisotopic (exact) mass is 256 g/mol. The lowest BCUT2D eigenvalue weighted by molar-refractivity contribution is -0.136. The van der Waals surface area contributed by atoms with E-state index >= 15 is 0 Å². The smallest absolute Gasteiger partial charge is 0.227 e. The Labute approximate surface area is 108 Å². The molecule has 2 aliphatic heterocycles. The fourth-order valence-electron chi connectivity index (χ4n) is 2.66. The van der Waals surface area contributed by atoms with Gasteiger partial charge >= 0.3 is 0 Å². The third-order valence-corrected chi connectivity index (χ3v) is 4.21. The van der Waals surface area contributed by atoms with Gasteiger partial charge in [-0.15, -0.1) is 0 Å². The molecule has 18 heavy (non-hydrogen) atoms. The second-order valence-corrected chi connectivity index (χ2v) is 5.36. The lowest BCUT2D eigenvalue weighted by Gasteiger charge is -2.35. The van der Waals surface area contributed by atoms with E-state index in [1.807, 2.05) is 0 Å². The van der Waals surface area contributed by atoms with E-state index in [9.17, 15) is 4.79 Å². The maximum atomic E-state index is 12.3. The summed E-state index contributed by atoms with van der Waals surface area (Å²) in [5, 5.41) is 3.08. The predicted octanol–water partition coefficient (Wildman–Crippen LogP) is 0.285. The standard InChI is InChI=1S/C13H24N2O3/c14-10-13(3-7-18-8-4-13)12(16)15-9-11-1-5-17-6-2-11/h11H,1-10,14H2,(H,15,16). The molecule has 0 atom stereocenters. The molecule has 0 spiro atoms. The number of carbonyl (C=O) groups is 1. The van der Waals surface area contributed by atoms with Crippen LogP contribution in [-0.2, 0) is 14.3 Å². The summed E-state index contributed by atoms with van der Waals surface area (Å²) in [5.74, 6) is 0.664. The summed E-state index contributed by atoms with van der Waals surface area (Å²) in [6, 6.07) is 0. The molecular formula is C13H24N2O3. The largest absolute Gasteiger partial charge is 0.381 e. The third kappa shape index (κ3) is 3.22. The number of nitrogens with one attached hydrogen (secondary N) is 1. The van der Waals surface area contributed by atoms with Crippen LogP contribution in [0.3, 0.4) is 0 Å². The summed E-state index contributed by atoms with van der Waals surface area (Å²) >= 11 is 0. The first kappa shape index (κ1) is 13.8. The lowest BCUT2D eigenvalue weighted by atomic mass is 9.79. The SMILES string of the molecule is NCC1(C(=O)NCC2CCOCC2)CCOCC1. The van der Waals surface area contributed by atoms with Crippen molar-refractivity contribution < 1.29 is 14.3 Å². The fraction of sp³-hybridized carbons (Fsp3) is 0.923. The van der Waals surface area contributed by atoms with Gasteiger partial charge < -0.3 is 20.5 Å². The van der Waals surface area contributed by atoms with Gasteiger partial charge in [-0.3, -0.25) is 4.79 Å². The molecule has 104 valence electrons. The number of hydrogen-bond donors (Lipinski definition) is 2. The molecule has 0 aromatic rings. The Morgan fingerprint density at radius 3 is 2.39 bits per heavy atom. The van der Waals surface area contributed by atoms with Gasteiger partial charge in [-0.25, -0.2) is 0 Å². The summed E-state index contributed by atoms with van der Waals surface area (Å²) in [6.07, 6.45) is 3.56. The Morgan fingerprint density at radius 2 is 1.78 bits per heavy atom. The van der Waals surface area contributed by atoms with Crippen molar-refractivity contribution in [2.45, 2.75) is 25.7 Å². The van der Waals surface area contributed by atoms with Gasteiger partial charge in [0.05, 0.1) is 5.41 Å². The van der Waals surface area contributed by atoms with E-state index < -0.39 is 5.41 Å². The molecule has 0 radical (unpaired) electrons. The molecule has 0 unspecified atom stereocenters. The van der Waals surface area contributed by atoms with Gasteiger partial charge in [0.1, 0.15) is 0 Å². The van der Waals surface area contributed by atoms with Crippen molar-refractivity contribution in [2.24, 2.45) is 17.1 Å². The number of hydrogen-bond acceptors (Lipinski definition) is 4. The molecule has 5 heteroatoms. The molecule has 3 N–H and O–H groups in total. The Balaban J connectivity index is 1.81. The van der Waals surface area contributed by atoms with Gasteiger partial charge in [0.15, 0.2) is 0 Å². The van der Waals surface area contributed by atoms with Crippen molar-refractivity contribution in [1.82, 2.24) is 5.32 Å². The van der Waals surface area contributed by atoms with E-state index in [-0.39, 0.29) is 5.91 Å². The highest BCUT2D eigenvalue weighted by molar-refractivity contribution is 5.83. The van der Waals surface area contributed by atoms with Gasteiger partial charge in [-0.2, -0.15) is 0 Å². The first-order valence-electron chi connectivity index (χ1n) is 6.91. The van der Waals surface area contributed by atoms with Crippen LogP contribution in [0.2, 0.25) is 0 Å². The van der Waals surface area contributed by atoms with Gasteiger partial charge in [0.2, 0.25) is 5.91 Å². The predicted molar refractivity (Wildman–Crippen MR) is 68.1 cm³/mol.